The highest BCUT2D eigenvalue weighted by Crippen LogP contribution is 2.20. The zero-order valence-corrected chi connectivity index (χ0v) is 12.6. The summed E-state index contributed by atoms with van der Waals surface area (Å²) in [5, 5.41) is 12.4. The minimum Gasteiger partial charge on any atom is -0.395 e. The molecular formula is C14H21ClN2O3. The number of aliphatic hydroxyl groups excluding tert-OH is 1. The molecule has 2 N–H and O–H groups in total. The number of ether oxygens (including phenoxy) is 1. The van der Waals surface area contributed by atoms with E-state index in [9.17, 15) is 4.79 Å². The zero-order valence-electron chi connectivity index (χ0n) is 11.9. The molecule has 0 aliphatic rings. The molecule has 20 heavy (non-hydrogen) atoms. The molecule has 0 spiro atoms. The van der Waals surface area contributed by atoms with Crippen LogP contribution in [-0.4, -0.2) is 55.9 Å². The van der Waals surface area contributed by atoms with Crippen LogP contribution in [-0.2, 0) is 9.53 Å². The van der Waals surface area contributed by atoms with E-state index in [2.05, 4.69) is 5.32 Å². The molecule has 1 aromatic rings. The predicted molar refractivity (Wildman–Crippen MR) is 80.2 cm³/mol. The van der Waals surface area contributed by atoms with Crippen LogP contribution in [0.4, 0.5) is 5.69 Å². The van der Waals surface area contributed by atoms with Gasteiger partial charge in [0.2, 0.25) is 5.91 Å². The summed E-state index contributed by atoms with van der Waals surface area (Å²) in [6.07, 6.45) is 0. The summed E-state index contributed by atoms with van der Waals surface area (Å²) in [5.74, 6) is -0.139. The maximum atomic E-state index is 12.0. The number of hydrogen-bond acceptors (Lipinski definition) is 4. The number of carbonyl (C=O) groups is 1. The molecule has 0 aliphatic carbocycles. The number of hydrogen-bond donors (Lipinski definition) is 2. The van der Waals surface area contributed by atoms with Crippen molar-refractivity contribution in [1.29, 1.82) is 0 Å². The van der Waals surface area contributed by atoms with Crippen LogP contribution >= 0.6 is 11.6 Å². The van der Waals surface area contributed by atoms with Gasteiger partial charge in [-0.25, -0.2) is 0 Å². The summed E-state index contributed by atoms with van der Waals surface area (Å²) >= 11 is 5.91. The number of nitrogens with one attached hydrogen (secondary N) is 1. The van der Waals surface area contributed by atoms with Crippen molar-refractivity contribution in [3.05, 3.63) is 28.8 Å². The number of amides is 1. The molecule has 112 valence electrons. The number of nitrogens with zero attached hydrogens (tertiary/aromatic N) is 1. The van der Waals surface area contributed by atoms with E-state index >= 15 is 0 Å². The molecule has 0 heterocycles. The number of rotatable bonds is 8. The molecular weight excluding hydrogens is 280 g/mol. The monoisotopic (exact) mass is 300 g/mol. The Kier molecular flexibility index (Phi) is 7.54. The van der Waals surface area contributed by atoms with Gasteiger partial charge in [-0.15, -0.1) is 0 Å². The van der Waals surface area contributed by atoms with Gasteiger partial charge in [-0.05, 0) is 24.6 Å². The Morgan fingerprint density at radius 3 is 2.85 bits per heavy atom. The van der Waals surface area contributed by atoms with Gasteiger partial charge in [0.15, 0.2) is 0 Å². The Morgan fingerprint density at radius 2 is 2.20 bits per heavy atom. The van der Waals surface area contributed by atoms with Gasteiger partial charge >= 0.3 is 0 Å². The first-order valence-corrected chi connectivity index (χ1v) is 6.82. The van der Waals surface area contributed by atoms with Crippen molar-refractivity contribution >= 4 is 23.2 Å². The molecule has 0 unspecified atom stereocenters. The van der Waals surface area contributed by atoms with E-state index in [1.165, 1.54) is 0 Å². The van der Waals surface area contributed by atoms with Gasteiger partial charge in [-0.2, -0.15) is 0 Å². The average Bonchev–Trinajstić information content (AvgIpc) is 2.40. The molecule has 0 fully saturated rings. The van der Waals surface area contributed by atoms with Crippen molar-refractivity contribution in [1.82, 2.24) is 4.90 Å². The quantitative estimate of drug-likeness (QED) is 0.764. The SMILES string of the molecule is COCCN(CCO)CC(=O)Nc1cc(Cl)ccc1C. The van der Waals surface area contributed by atoms with Crippen LogP contribution in [0.2, 0.25) is 5.02 Å². The fourth-order valence-electron chi connectivity index (χ4n) is 1.75. The normalized spacial score (nSPS) is 10.8. The van der Waals surface area contributed by atoms with Crippen LogP contribution in [0.3, 0.4) is 0 Å². The number of methoxy groups -OCH3 is 1. The van der Waals surface area contributed by atoms with E-state index in [1.54, 1.807) is 19.2 Å². The largest absolute Gasteiger partial charge is 0.395 e. The fraction of sp³-hybridized carbons (Fsp3) is 0.500. The molecule has 0 aromatic heterocycles. The van der Waals surface area contributed by atoms with Gasteiger partial charge in [0, 0.05) is 30.9 Å². The van der Waals surface area contributed by atoms with Crippen LogP contribution in [0.1, 0.15) is 5.56 Å². The average molecular weight is 301 g/mol. The highest BCUT2D eigenvalue weighted by atomic mass is 35.5. The Balaban J connectivity index is 2.58. The maximum absolute atomic E-state index is 12.0. The van der Waals surface area contributed by atoms with Crippen molar-refractivity contribution in [2.45, 2.75) is 6.92 Å². The highest BCUT2D eigenvalue weighted by molar-refractivity contribution is 6.31. The third kappa shape index (κ3) is 5.88. The summed E-state index contributed by atoms with van der Waals surface area (Å²) in [4.78, 5) is 13.8. The molecule has 1 aromatic carbocycles. The second kappa shape index (κ2) is 8.92. The van der Waals surface area contributed by atoms with Crippen molar-refractivity contribution in [3.8, 4) is 0 Å². The van der Waals surface area contributed by atoms with Crippen LogP contribution in [0.15, 0.2) is 18.2 Å². The summed E-state index contributed by atoms with van der Waals surface area (Å²) in [7, 11) is 1.60. The first kappa shape index (κ1) is 16.9. The van der Waals surface area contributed by atoms with Gasteiger partial charge in [0.1, 0.15) is 0 Å². The smallest absolute Gasteiger partial charge is 0.238 e. The summed E-state index contributed by atoms with van der Waals surface area (Å²) in [5.41, 5.74) is 1.66. The van der Waals surface area contributed by atoms with Crippen molar-refractivity contribution in [2.24, 2.45) is 0 Å². The predicted octanol–water partition coefficient (Wildman–Crippen LogP) is 1.53. The van der Waals surface area contributed by atoms with Crippen molar-refractivity contribution in [3.63, 3.8) is 0 Å². The lowest BCUT2D eigenvalue weighted by atomic mass is 10.2. The van der Waals surface area contributed by atoms with E-state index in [0.29, 0.717) is 30.4 Å². The number of aryl methyl sites for hydroxylation is 1. The second-order valence-electron chi connectivity index (χ2n) is 4.50. The molecule has 1 rings (SSSR count). The lowest BCUT2D eigenvalue weighted by Gasteiger charge is -2.20. The third-order valence-corrected chi connectivity index (χ3v) is 3.10. The lowest BCUT2D eigenvalue weighted by Crippen LogP contribution is -2.37. The molecule has 0 atom stereocenters. The zero-order chi connectivity index (χ0) is 15.0. The molecule has 0 radical (unpaired) electrons. The van der Waals surface area contributed by atoms with Crippen LogP contribution < -0.4 is 5.32 Å². The third-order valence-electron chi connectivity index (χ3n) is 2.87. The number of anilines is 1. The second-order valence-corrected chi connectivity index (χ2v) is 4.94. The molecule has 0 aliphatic heterocycles. The van der Waals surface area contributed by atoms with E-state index in [4.69, 9.17) is 21.4 Å². The minimum absolute atomic E-state index is 0.00713. The number of benzene rings is 1. The highest BCUT2D eigenvalue weighted by Gasteiger charge is 2.11. The molecule has 1 amide bonds. The molecule has 0 bridgehead atoms. The van der Waals surface area contributed by atoms with Crippen LogP contribution in [0, 0.1) is 6.92 Å². The van der Waals surface area contributed by atoms with E-state index < -0.39 is 0 Å². The Hall–Kier alpha value is -1.14. The summed E-state index contributed by atoms with van der Waals surface area (Å²) < 4.78 is 4.98. The minimum atomic E-state index is -0.139. The van der Waals surface area contributed by atoms with Gasteiger partial charge in [0.05, 0.1) is 19.8 Å². The summed E-state index contributed by atoms with van der Waals surface area (Å²) in [6.45, 7) is 3.67. The lowest BCUT2D eigenvalue weighted by molar-refractivity contribution is -0.117. The van der Waals surface area contributed by atoms with Crippen LogP contribution in [0.5, 0.6) is 0 Å². The maximum Gasteiger partial charge on any atom is 0.238 e. The van der Waals surface area contributed by atoms with E-state index in [-0.39, 0.29) is 19.1 Å². The number of carbonyl (C=O) groups excluding carboxylic acids is 1. The Bertz CT molecular complexity index is 440. The van der Waals surface area contributed by atoms with Crippen molar-refractivity contribution < 1.29 is 14.6 Å². The first-order chi connectivity index (χ1) is 9.56. The molecule has 5 nitrogen and oxygen atoms in total. The first-order valence-electron chi connectivity index (χ1n) is 6.45. The van der Waals surface area contributed by atoms with Gasteiger partial charge in [-0.3, -0.25) is 9.69 Å². The fourth-order valence-corrected chi connectivity index (χ4v) is 1.93. The molecule has 6 heteroatoms. The standard InChI is InChI=1S/C14H21ClN2O3/c1-11-3-4-12(15)9-13(11)16-14(19)10-17(5-7-18)6-8-20-2/h3-4,9,18H,5-8,10H2,1-2H3,(H,16,19). The van der Waals surface area contributed by atoms with Gasteiger partial charge < -0.3 is 15.2 Å². The van der Waals surface area contributed by atoms with Crippen LogP contribution in [0.25, 0.3) is 0 Å². The molecule has 0 saturated carbocycles. The topological polar surface area (TPSA) is 61.8 Å². The van der Waals surface area contributed by atoms with E-state index in [0.717, 1.165) is 5.56 Å². The van der Waals surface area contributed by atoms with Crippen molar-refractivity contribution in [2.75, 3.05) is 45.3 Å². The Labute approximate surface area is 124 Å². The van der Waals surface area contributed by atoms with Gasteiger partial charge in [0.25, 0.3) is 0 Å². The summed E-state index contributed by atoms with van der Waals surface area (Å²) in [6, 6.07) is 5.36. The van der Waals surface area contributed by atoms with Gasteiger partial charge in [-0.1, -0.05) is 17.7 Å². The molecule has 0 saturated heterocycles. The van der Waals surface area contributed by atoms with E-state index in [1.807, 2.05) is 17.9 Å². The number of halogens is 1. The number of aliphatic hydroxyl groups is 1. The Morgan fingerprint density at radius 1 is 1.45 bits per heavy atom.